The molecule has 0 spiro atoms. The van der Waals surface area contributed by atoms with E-state index >= 15 is 0 Å². The Morgan fingerprint density at radius 1 is 1.10 bits per heavy atom. The number of carbonyl (C=O) groups is 1. The number of H-pyrrole nitrogens is 1. The average molecular weight is 390 g/mol. The van der Waals surface area contributed by atoms with E-state index in [1.807, 2.05) is 17.9 Å². The highest BCUT2D eigenvalue weighted by molar-refractivity contribution is 5.92. The van der Waals surface area contributed by atoms with Crippen molar-refractivity contribution in [3.8, 4) is 5.69 Å². The van der Waals surface area contributed by atoms with Gasteiger partial charge in [-0.1, -0.05) is 31.5 Å². The zero-order valence-electron chi connectivity index (χ0n) is 17.3. The first-order chi connectivity index (χ1) is 13.9. The van der Waals surface area contributed by atoms with Crippen molar-refractivity contribution in [2.75, 3.05) is 13.1 Å². The second kappa shape index (κ2) is 6.54. The molecule has 2 aromatic heterocycles. The van der Waals surface area contributed by atoms with Gasteiger partial charge in [-0.3, -0.25) is 14.5 Å². The number of nitrogens with one attached hydrogen (secondary N) is 1. The van der Waals surface area contributed by atoms with Gasteiger partial charge in [-0.15, -0.1) is 10.2 Å². The standard InChI is InChI=1S/C22H26N6O/c1-12(2)18-9-19(25-24-18)22(29)27-10-16-17(11-27)20(16)21-26-23-14(4)28(21)15-7-5-13(3)6-8-15/h5-9,12,16-17,20H,10-11H2,1-4H3,(H,24,25)/t16-,17+,20?. The van der Waals surface area contributed by atoms with Crippen LogP contribution in [0, 0.1) is 25.7 Å². The molecule has 2 fully saturated rings. The molecule has 0 bridgehead atoms. The lowest BCUT2D eigenvalue weighted by Crippen LogP contribution is -2.31. The van der Waals surface area contributed by atoms with Crippen molar-refractivity contribution in [3.63, 3.8) is 0 Å². The van der Waals surface area contributed by atoms with Gasteiger partial charge in [0, 0.05) is 30.4 Å². The van der Waals surface area contributed by atoms with Gasteiger partial charge in [0.2, 0.25) is 0 Å². The maximum absolute atomic E-state index is 12.8. The van der Waals surface area contributed by atoms with Crippen molar-refractivity contribution in [1.29, 1.82) is 0 Å². The SMILES string of the molecule is Cc1ccc(-n2c(C)nnc2C2[C@H]3CN(C(=O)c4cc(C(C)C)[nH]n4)C[C@@H]23)cc1. The molecular weight excluding hydrogens is 364 g/mol. The molecule has 5 rings (SSSR count). The molecule has 1 aliphatic heterocycles. The highest BCUT2D eigenvalue weighted by Crippen LogP contribution is 2.58. The number of hydrogen-bond donors (Lipinski definition) is 1. The molecule has 1 unspecified atom stereocenters. The highest BCUT2D eigenvalue weighted by atomic mass is 16.2. The zero-order chi connectivity index (χ0) is 20.3. The number of nitrogens with zero attached hydrogens (tertiary/aromatic N) is 5. The van der Waals surface area contributed by atoms with Gasteiger partial charge in [0.25, 0.3) is 5.91 Å². The molecule has 7 heteroatoms. The number of rotatable bonds is 4. The summed E-state index contributed by atoms with van der Waals surface area (Å²) in [5.74, 6) is 3.55. The molecule has 1 saturated carbocycles. The van der Waals surface area contributed by atoms with Crippen molar-refractivity contribution >= 4 is 5.91 Å². The number of benzene rings is 1. The Hall–Kier alpha value is -2.96. The first kappa shape index (κ1) is 18.1. The molecule has 3 atom stereocenters. The second-order valence-electron chi connectivity index (χ2n) is 8.70. The molecule has 1 amide bonds. The summed E-state index contributed by atoms with van der Waals surface area (Å²) in [4.78, 5) is 14.8. The van der Waals surface area contributed by atoms with Gasteiger partial charge < -0.3 is 4.90 Å². The van der Waals surface area contributed by atoms with E-state index < -0.39 is 0 Å². The number of aromatic amines is 1. The number of carbonyl (C=O) groups excluding carboxylic acids is 1. The van der Waals surface area contributed by atoms with Gasteiger partial charge in [0.1, 0.15) is 17.3 Å². The third-order valence-electron chi connectivity index (χ3n) is 6.36. The minimum Gasteiger partial charge on any atom is -0.337 e. The fourth-order valence-corrected chi connectivity index (χ4v) is 4.59. The summed E-state index contributed by atoms with van der Waals surface area (Å²) in [6, 6.07) is 10.3. The fourth-order valence-electron chi connectivity index (χ4n) is 4.59. The number of piperidine rings is 1. The van der Waals surface area contributed by atoms with E-state index in [9.17, 15) is 4.79 Å². The van der Waals surface area contributed by atoms with Crippen molar-refractivity contribution in [2.24, 2.45) is 11.8 Å². The predicted octanol–water partition coefficient (Wildman–Crippen LogP) is 3.22. The van der Waals surface area contributed by atoms with Crippen LogP contribution < -0.4 is 0 Å². The number of likely N-dealkylation sites (tertiary alicyclic amines) is 1. The number of aromatic nitrogens is 5. The summed E-state index contributed by atoms with van der Waals surface area (Å²) in [6.45, 7) is 9.78. The molecule has 0 radical (unpaired) electrons. The number of aryl methyl sites for hydroxylation is 2. The van der Waals surface area contributed by atoms with Crippen LogP contribution in [-0.4, -0.2) is 48.9 Å². The van der Waals surface area contributed by atoms with Crippen LogP contribution in [0.5, 0.6) is 0 Å². The average Bonchev–Trinajstić information content (AvgIpc) is 3.16. The van der Waals surface area contributed by atoms with Crippen LogP contribution in [0.2, 0.25) is 0 Å². The van der Waals surface area contributed by atoms with Crippen LogP contribution in [0.3, 0.4) is 0 Å². The first-order valence-corrected chi connectivity index (χ1v) is 10.3. The summed E-state index contributed by atoms with van der Waals surface area (Å²) in [7, 11) is 0. The van der Waals surface area contributed by atoms with Gasteiger partial charge >= 0.3 is 0 Å². The molecule has 29 heavy (non-hydrogen) atoms. The van der Waals surface area contributed by atoms with E-state index in [2.05, 4.69) is 70.0 Å². The lowest BCUT2D eigenvalue weighted by Gasteiger charge is -2.19. The zero-order valence-corrected chi connectivity index (χ0v) is 17.3. The molecule has 1 aromatic carbocycles. The van der Waals surface area contributed by atoms with E-state index in [4.69, 9.17) is 0 Å². The van der Waals surface area contributed by atoms with E-state index in [0.717, 1.165) is 36.1 Å². The highest BCUT2D eigenvalue weighted by Gasteiger charge is 2.59. The first-order valence-electron chi connectivity index (χ1n) is 10.3. The number of amides is 1. The third-order valence-corrected chi connectivity index (χ3v) is 6.36. The topological polar surface area (TPSA) is 79.7 Å². The molecule has 3 aromatic rings. The van der Waals surface area contributed by atoms with Gasteiger partial charge in [0.15, 0.2) is 0 Å². The van der Waals surface area contributed by atoms with E-state index in [-0.39, 0.29) is 5.91 Å². The molecule has 150 valence electrons. The lowest BCUT2D eigenvalue weighted by atomic mass is 10.1. The Morgan fingerprint density at radius 2 is 1.79 bits per heavy atom. The van der Waals surface area contributed by atoms with Crippen LogP contribution in [0.25, 0.3) is 5.69 Å². The summed E-state index contributed by atoms with van der Waals surface area (Å²) in [6.07, 6.45) is 0. The van der Waals surface area contributed by atoms with Crippen LogP contribution >= 0.6 is 0 Å². The largest absolute Gasteiger partial charge is 0.337 e. The monoisotopic (exact) mass is 390 g/mol. The van der Waals surface area contributed by atoms with Crippen LogP contribution in [0.4, 0.5) is 0 Å². The normalized spacial score (nSPS) is 22.9. The Bertz CT molecular complexity index is 1050. The Morgan fingerprint density at radius 3 is 2.41 bits per heavy atom. The number of fused-ring (bicyclic) bond motifs is 1. The van der Waals surface area contributed by atoms with Crippen LogP contribution in [0.1, 0.15) is 59.1 Å². The van der Waals surface area contributed by atoms with Gasteiger partial charge in [-0.2, -0.15) is 5.10 Å². The van der Waals surface area contributed by atoms with E-state index in [1.54, 1.807) is 0 Å². The van der Waals surface area contributed by atoms with E-state index in [0.29, 0.717) is 29.4 Å². The summed E-state index contributed by atoms with van der Waals surface area (Å²) in [5.41, 5.74) is 3.85. The van der Waals surface area contributed by atoms with Crippen molar-refractivity contribution in [1.82, 2.24) is 29.9 Å². The van der Waals surface area contributed by atoms with E-state index in [1.165, 1.54) is 5.56 Å². The second-order valence-corrected chi connectivity index (χ2v) is 8.70. The maximum atomic E-state index is 12.8. The van der Waals surface area contributed by atoms with Crippen molar-refractivity contribution in [3.05, 3.63) is 58.9 Å². The van der Waals surface area contributed by atoms with Gasteiger partial charge in [0.05, 0.1) is 0 Å². The minimum atomic E-state index is 0.0234. The number of hydrogen-bond acceptors (Lipinski definition) is 4. The molecule has 7 nitrogen and oxygen atoms in total. The summed E-state index contributed by atoms with van der Waals surface area (Å²) < 4.78 is 2.16. The van der Waals surface area contributed by atoms with Gasteiger partial charge in [-0.25, -0.2) is 0 Å². The van der Waals surface area contributed by atoms with Crippen molar-refractivity contribution < 1.29 is 4.79 Å². The summed E-state index contributed by atoms with van der Waals surface area (Å²) >= 11 is 0. The molecule has 3 heterocycles. The Balaban J connectivity index is 1.32. The molecular formula is C22H26N6O. The van der Waals surface area contributed by atoms with Gasteiger partial charge in [-0.05, 0) is 49.8 Å². The van der Waals surface area contributed by atoms with Crippen molar-refractivity contribution in [2.45, 2.75) is 39.5 Å². The van der Waals surface area contributed by atoms with Crippen LogP contribution in [-0.2, 0) is 0 Å². The third kappa shape index (κ3) is 2.96. The molecule has 1 aliphatic carbocycles. The predicted molar refractivity (Wildman–Crippen MR) is 109 cm³/mol. The smallest absolute Gasteiger partial charge is 0.274 e. The molecule has 2 aliphatic rings. The summed E-state index contributed by atoms with van der Waals surface area (Å²) in [5, 5.41) is 16.0. The minimum absolute atomic E-state index is 0.0234. The Kier molecular flexibility index (Phi) is 4.08. The molecule has 1 N–H and O–H groups in total. The fraction of sp³-hybridized carbons (Fsp3) is 0.455. The maximum Gasteiger partial charge on any atom is 0.274 e. The Labute approximate surface area is 170 Å². The quantitative estimate of drug-likeness (QED) is 0.742. The molecule has 1 saturated heterocycles. The lowest BCUT2D eigenvalue weighted by molar-refractivity contribution is 0.0766. The van der Waals surface area contributed by atoms with Crippen LogP contribution in [0.15, 0.2) is 30.3 Å².